The zero-order valence-electron chi connectivity index (χ0n) is 10.7. The fourth-order valence-electron chi connectivity index (χ4n) is 1.49. The molecule has 0 rings (SSSR count). The van der Waals surface area contributed by atoms with Crippen LogP contribution in [0.15, 0.2) is 11.1 Å². The predicted octanol–water partition coefficient (Wildman–Crippen LogP) is 4.01. The SMILES string of the molecule is CCC(C)(CCC(C)=C(C)C)CC(=O)O. The van der Waals surface area contributed by atoms with E-state index >= 15 is 0 Å². The van der Waals surface area contributed by atoms with E-state index in [1.165, 1.54) is 11.1 Å². The maximum atomic E-state index is 10.7. The Balaban J connectivity index is 4.33. The second-order valence-electron chi connectivity index (χ2n) is 5.02. The number of carboxylic acids is 1. The van der Waals surface area contributed by atoms with Crippen molar-refractivity contribution in [3.05, 3.63) is 11.1 Å². The Hall–Kier alpha value is -0.790. The molecule has 0 aromatic heterocycles. The Morgan fingerprint density at radius 2 is 1.80 bits per heavy atom. The minimum Gasteiger partial charge on any atom is -0.481 e. The van der Waals surface area contributed by atoms with Gasteiger partial charge in [-0.15, -0.1) is 0 Å². The summed E-state index contributed by atoms with van der Waals surface area (Å²) in [5.41, 5.74) is 2.69. The lowest BCUT2D eigenvalue weighted by Gasteiger charge is -2.26. The molecule has 0 bridgehead atoms. The first-order valence-electron chi connectivity index (χ1n) is 5.65. The van der Waals surface area contributed by atoms with Gasteiger partial charge >= 0.3 is 5.97 Å². The van der Waals surface area contributed by atoms with Crippen molar-refractivity contribution in [3.8, 4) is 0 Å². The van der Waals surface area contributed by atoms with Gasteiger partial charge in [-0.25, -0.2) is 0 Å². The van der Waals surface area contributed by atoms with Crippen molar-refractivity contribution in [2.75, 3.05) is 0 Å². The Kier molecular flexibility index (Phi) is 5.63. The lowest BCUT2D eigenvalue weighted by molar-refractivity contribution is -0.139. The number of carboxylic acid groups (broad SMARTS) is 1. The van der Waals surface area contributed by atoms with Gasteiger partial charge in [0.1, 0.15) is 0 Å². The van der Waals surface area contributed by atoms with Crippen LogP contribution < -0.4 is 0 Å². The third-order valence-electron chi connectivity index (χ3n) is 3.39. The molecule has 0 heterocycles. The van der Waals surface area contributed by atoms with E-state index in [4.69, 9.17) is 5.11 Å². The molecular formula is C13H24O2. The average molecular weight is 212 g/mol. The Labute approximate surface area is 93.4 Å². The summed E-state index contributed by atoms with van der Waals surface area (Å²) in [6.45, 7) is 10.5. The molecule has 88 valence electrons. The van der Waals surface area contributed by atoms with E-state index in [0.717, 1.165) is 19.3 Å². The minimum absolute atomic E-state index is 0.0530. The summed E-state index contributed by atoms with van der Waals surface area (Å²) >= 11 is 0. The van der Waals surface area contributed by atoms with Gasteiger partial charge in [-0.3, -0.25) is 4.79 Å². The maximum Gasteiger partial charge on any atom is 0.303 e. The smallest absolute Gasteiger partial charge is 0.303 e. The summed E-state index contributed by atoms with van der Waals surface area (Å²) in [6, 6.07) is 0. The Morgan fingerprint density at radius 3 is 2.13 bits per heavy atom. The first-order valence-corrected chi connectivity index (χ1v) is 5.65. The highest BCUT2D eigenvalue weighted by Crippen LogP contribution is 2.33. The number of allylic oxidation sites excluding steroid dienone is 2. The first-order chi connectivity index (χ1) is 6.80. The van der Waals surface area contributed by atoms with Gasteiger partial charge in [0.25, 0.3) is 0 Å². The molecule has 2 nitrogen and oxygen atoms in total. The number of hydrogen-bond acceptors (Lipinski definition) is 1. The predicted molar refractivity (Wildman–Crippen MR) is 63.9 cm³/mol. The van der Waals surface area contributed by atoms with Crippen LogP contribution in [0.4, 0.5) is 0 Å². The van der Waals surface area contributed by atoms with Crippen LogP contribution in [0.2, 0.25) is 0 Å². The Morgan fingerprint density at radius 1 is 1.27 bits per heavy atom. The van der Waals surface area contributed by atoms with Crippen LogP contribution in [0.3, 0.4) is 0 Å². The van der Waals surface area contributed by atoms with Gasteiger partial charge in [0.15, 0.2) is 0 Å². The molecule has 0 fully saturated rings. The van der Waals surface area contributed by atoms with Crippen LogP contribution in [0.5, 0.6) is 0 Å². The Bertz CT molecular complexity index is 249. The van der Waals surface area contributed by atoms with Gasteiger partial charge in [0.2, 0.25) is 0 Å². The summed E-state index contributed by atoms with van der Waals surface area (Å²) in [5, 5.41) is 8.84. The molecule has 1 N–H and O–H groups in total. The zero-order chi connectivity index (χ0) is 12.1. The fourth-order valence-corrected chi connectivity index (χ4v) is 1.49. The highest BCUT2D eigenvalue weighted by atomic mass is 16.4. The van der Waals surface area contributed by atoms with Crippen molar-refractivity contribution in [3.63, 3.8) is 0 Å². The van der Waals surface area contributed by atoms with Gasteiger partial charge in [-0.2, -0.15) is 0 Å². The normalized spacial score (nSPS) is 14.5. The molecule has 0 saturated carbocycles. The van der Waals surface area contributed by atoms with Crippen LogP contribution >= 0.6 is 0 Å². The third kappa shape index (κ3) is 5.60. The van der Waals surface area contributed by atoms with Crippen LogP contribution in [0, 0.1) is 5.41 Å². The van der Waals surface area contributed by atoms with Crippen molar-refractivity contribution in [1.82, 2.24) is 0 Å². The lowest BCUT2D eigenvalue weighted by atomic mass is 9.78. The van der Waals surface area contributed by atoms with Gasteiger partial charge in [0.05, 0.1) is 6.42 Å². The van der Waals surface area contributed by atoms with E-state index in [9.17, 15) is 4.79 Å². The fraction of sp³-hybridized carbons (Fsp3) is 0.769. The van der Waals surface area contributed by atoms with E-state index in [2.05, 4.69) is 34.6 Å². The molecule has 1 atom stereocenters. The minimum atomic E-state index is -0.686. The molecule has 0 aromatic carbocycles. The van der Waals surface area contributed by atoms with Gasteiger partial charge in [-0.05, 0) is 39.0 Å². The van der Waals surface area contributed by atoms with E-state index in [1.54, 1.807) is 0 Å². The molecule has 2 heteroatoms. The zero-order valence-corrected chi connectivity index (χ0v) is 10.7. The van der Waals surface area contributed by atoms with Crippen molar-refractivity contribution in [2.45, 2.75) is 60.3 Å². The number of hydrogen-bond donors (Lipinski definition) is 1. The van der Waals surface area contributed by atoms with Gasteiger partial charge < -0.3 is 5.11 Å². The molecule has 0 aromatic rings. The summed E-state index contributed by atoms with van der Waals surface area (Å²) in [4.78, 5) is 10.7. The summed E-state index contributed by atoms with van der Waals surface area (Å²) in [6.07, 6.45) is 3.18. The highest BCUT2D eigenvalue weighted by Gasteiger charge is 2.25. The van der Waals surface area contributed by atoms with Crippen molar-refractivity contribution >= 4 is 5.97 Å². The molecule has 0 aliphatic carbocycles. The van der Waals surface area contributed by atoms with Crippen molar-refractivity contribution in [2.24, 2.45) is 5.41 Å². The van der Waals surface area contributed by atoms with Crippen LogP contribution in [-0.4, -0.2) is 11.1 Å². The van der Waals surface area contributed by atoms with Crippen LogP contribution in [-0.2, 0) is 4.79 Å². The molecule has 0 saturated heterocycles. The molecule has 0 aliphatic rings. The molecular weight excluding hydrogens is 188 g/mol. The van der Waals surface area contributed by atoms with Crippen molar-refractivity contribution < 1.29 is 9.90 Å². The first kappa shape index (κ1) is 14.2. The monoisotopic (exact) mass is 212 g/mol. The molecule has 15 heavy (non-hydrogen) atoms. The van der Waals surface area contributed by atoms with Gasteiger partial charge in [0, 0.05) is 0 Å². The second kappa shape index (κ2) is 5.94. The van der Waals surface area contributed by atoms with Crippen LogP contribution in [0.25, 0.3) is 0 Å². The number of aliphatic carboxylic acids is 1. The molecule has 0 amide bonds. The number of carbonyl (C=O) groups is 1. The summed E-state index contributed by atoms with van der Waals surface area (Å²) in [7, 11) is 0. The number of rotatable bonds is 6. The third-order valence-corrected chi connectivity index (χ3v) is 3.39. The maximum absolute atomic E-state index is 10.7. The average Bonchev–Trinajstić information content (AvgIpc) is 2.13. The van der Waals surface area contributed by atoms with E-state index in [1.807, 2.05) is 0 Å². The van der Waals surface area contributed by atoms with E-state index in [0.29, 0.717) is 0 Å². The van der Waals surface area contributed by atoms with E-state index in [-0.39, 0.29) is 11.8 Å². The molecule has 0 spiro atoms. The standard InChI is InChI=1S/C13H24O2/c1-6-13(5,9-12(14)15)8-7-11(4)10(2)3/h6-9H2,1-5H3,(H,14,15). The van der Waals surface area contributed by atoms with Gasteiger partial charge in [-0.1, -0.05) is 31.4 Å². The summed E-state index contributed by atoms with van der Waals surface area (Å²) < 4.78 is 0. The highest BCUT2D eigenvalue weighted by molar-refractivity contribution is 5.67. The summed E-state index contributed by atoms with van der Waals surface area (Å²) in [5.74, 6) is -0.686. The van der Waals surface area contributed by atoms with Crippen LogP contribution in [0.1, 0.15) is 60.3 Å². The molecule has 0 radical (unpaired) electrons. The second-order valence-corrected chi connectivity index (χ2v) is 5.02. The quantitative estimate of drug-likeness (QED) is 0.675. The van der Waals surface area contributed by atoms with E-state index < -0.39 is 5.97 Å². The topological polar surface area (TPSA) is 37.3 Å². The molecule has 1 unspecified atom stereocenters. The largest absolute Gasteiger partial charge is 0.481 e. The van der Waals surface area contributed by atoms with Crippen molar-refractivity contribution in [1.29, 1.82) is 0 Å². The lowest BCUT2D eigenvalue weighted by Crippen LogP contribution is -2.20. The molecule has 0 aliphatic heterocycles.